The molecule has 13 rings (SSSR count). The van der Waals surface area contributed by atoms with Crippen LogP contribution in [0.4, 0.5) is 0 Å². The van der Waals surface area contributed by atoms with Gasteiger partial charge in [-0.3, -0.25) is 0 Å². The van der Waals surface area contributed by atoms with Gasteiger partial charge in [0, 0.05) is 22.3 Å². The monoisotopic (exact) mass is 776 g/mol. The van der Waals surface area contributed by atoms with E-state index in [2.05, 4.69) is 213 Å². The minimum Gasteiger partial charge on any atom is -0.455 e. The summed E-state index contributed by atoms with van der Waals surface area (Å²) in [6.07, 6.45) is 12.4. The largest absolute Gasteiger partial charge is 0.455 e. The molecule has 0 spiro atoms. The van der Waals surface area contributed by atoms with Crippen LogP contribution in [0.5, 0.6) is 0 Å². The summed E-state index contributed by atoms with van der Waals surface area (Å²) in [4.78, 5) is 0. The number of allylic oxidation sites excluding steroid dienone is 6. The van der Waals surface area contributed by atoms with Gasteiger partial charge in [0.15, 0.2) is 0 Å². The molecule has 0 N–H and O–H groups in total. The van der Waals surface area contributed by atoms with Crippen molar-refractivity contribution in [3.05, 3.63) is 240 Å². The van der Waals surface area contributed by atoms with Crippen molar-refractivity contribution in [2.45, 2.75) is 24.7 Å². The van der Waals surface area contributed by atoms with E-state index in [-0.39, 0.29) is 5.92 Å². The van der Waals surface area contributed by atoms with Crippen LogP contribution in [0.3, 0.4) is 0 Å². The van der Waals surface area contributed by atoms with Crippen LogP contribution in [0.2, 0.25) is 0 Å². The van der Waals surface area contributed by atoms with Gasteiger partial charge >= 0.3 is 0 Å². The minimum absolute atomic E-state index is 0.101. The third kappa shape index (κ3) is 4.61. The van der Waals surface area contributed by atoms with Crippen molar-refractivity contribution in [2.75, 3.05) is 0 Å². The predicted molar refractivity (Wildman–Crippen MR) is 255 cm³/mol. The highest BCUT2D eigenvalue weighted by molar-refractivity contribution is 6.23. The summed E-state index contributed by atoms with van der Waals surface area (Å²) in [5.41, 5.74) is 19.5. The van der Waals surface area contributed by atoms with Crippen LogP contribution in [0.15, 0.2) is 216 Å². The molecular weight excluding hydrogens is 737 g/mol. The summed E-state index contributed by atoms with van der Waals surface area (Å²) in [6.45, 7) is 2.45. The van der Waals surface area contributed by atoms with E-state index in [1.165, 1.54) is 110 Å². The van der Waals surface area contributed by atoms with Crippen molar-refractivity contribution in [2.24, 2.45) is 0 Å². The molecule has 1 aromatic heterocycles. The summed E-state index contributed by atoms with van der Waals surface area (Å²) in [5.74, 6) is 0.101. The lowest BCUT2D eigenvalue weighted by molar-refractivity contribution is 0.668. The number of rotatable bonds is 4. The van der Waals surface area contributed by atoms with Gasteiger partial charge in [-0.05, 0) is 112 Å². The van der Waals surface area contributed by atoms with Gasteiger partial charge in [-0.25, -0.2) is 0 Å². The molecule has 286 valence electrons. The van der Waals surface area contributed by atoms with E-state index in [1.807, 2.05) is 0 Å². The minimum atomic E-state index is -0.564. The Morgan fingerprint density at radius 2 is 1.15 bits per heavy atom. The molecule has 61 heavy (non-hydrogen) atoms. The first kappa shape index (κ1) is 34.4. The molecule has 1 heterocycles. The molecule has 0 saturated carbocycles. The summed E-state index contributed by atoms with van der Waals surface area (Å²) in [5, 5.41) is 7.47. The van der Waals surface area contributed by atoms with Crippen molar-refractivity contribution >= 4 is 43.5 Å². The molecule has 1 heteroatoms. The summed E-state index contributed by atoms with van der Waals surface area (Å²) in [6, 6.07) is 65.2. The van der Waals surface area contributed by atoms with Crippen molar-refractivity contribution in [3.8, 4) is 44.5 Å². The Hall–Kier alpha value is -7.48. The fraction of sp³-hybridized carbons (Fsp3) is 0.0667. The standard InChI is InChI=1S/C60H40O/c1-37-49-36-39(54-44-28-14-12-26-42(44)53(38-20-6-4-7-21-38)43-27-13-15-29-45(43)54)34-35-46(49)55-52(37)58-57(59-56(55)48-31-17-19-33-51(48)61-59)47-30-16-18-32-50(47)60(58,41-24-10-5-11-25-41)40-22-8-2-3-9-23-40/h2-8,10-37H,9H2,1H3. The summed E-state index contributed by atoms with van der Waals surface area (Å²) < 4.78 is 7.16. The van der Waals surface area contributed by atoms with E-state index >= 15 is 0 Å². The SMILES string of the molecule is CC1c2cc(-c3c4ccccc4c(-c4ccccc4)c4ccccc34)ccc2-c2c1c1c(c3oc4ccccc4c23)-c2ccccc2C1(C1=CCC=CC=C1)c1ccccc1. The van der Waals surface area contributed by atoms with Crippen LogP contribution in [0, 0.1) is 0 Å². The number of fused-ring (bicyclic) bond motifs is 14. The van der Waals surface area contributed by atoms with Crippen LogP contribution < -0.4 is 0 Å². The third-order valence-electron chi connectivity index (χ3n) is 14.0. The van der Waals surface area contributed by atoms with Crippen LogP contribution in [0.25, 0.3) is 88.0 Å². The zero-order chi connectivity index (χ0) is 40.2. The summed E-state index contributed by atoms with van der Waals surface area (Å²) >= 11 is 0. The maximum absolute atomic E-state index is 7.16. The van der Waals surface area contributed by atoms with Crippen LogP contribution >= 0.6 is 0 Å². The maximum Gasteiger partial charge on any atom is 0.144 e. The first-order chi connectivity index (χ1) is 30.2. The summed E-state index contributed by atoms with van der Waals surface area (Å²) in [7, 11) is 0. The molecule has 10 aromatic rings. The van der Waals surface area contributed by atoms with Crippen LogP contribution in [0.1, 0.15) is 47.1 Å². The second-order valence-electron chi connectivity index (χ2n) is 16.9. The third-order valence-corrected chi connectivity index (χ3v) is 14.0. The molecular formula is C60H40O. The van der Waals surface area contributed by atoms with Gasteiger partial charge in [-0.2, -0.15) is 0 Å². The Morgan fingerprint density at radius 3 is 1.89 bits per heavy atom. The lowest BCUT2D eigenvalue weighted by Crippen LogP contribution is -2.30. The Balaban J connectivity index is 1.15. The number of hydrogen-bond acceptors (Lipinski definition) is 1. The van der Waals surface area contributed by atoms with Gasteiger partial charge in [-0.15, -0.1) is 0 Å². The number of benzene rings is 9. The van der Waals surface area contributed by atoms with Gasteiger partial charge in [0.25, 0.3) is 0 Å². The number of furan rings is 1. The van der Waals surface area contributed by atoms with Crippen LogP contribution in [-0.4, -0.2) is 0 Å². The van der Waals surface area contributed by atoms with Crippen molar-refractivity contribution in [1.82, 2.24) is 0 Å². The molecule has 0 fully saturated rings. The van der Waals surface area contributed by atoms with E-state index in [0.29, 0.717) is 0 Å². The number of hydrogen-bond donors (Lipinski definition) is 0. The fourth-order valence-corrected chi connectivity index (χ4v) is 11.6. The lowest BCUT2D eigenvalue weighted by atomic mass is 9.64. The first-order valence-corrected chi connectivity index (χ1v) is 21.6. The molecule has 0 bridgehead atoms. The normalized spacial score (nSPS) is 17.4. The molecule has 9 aromatic carbocycles. The average molecular weight is 777 g/mol. The van der Waals surface area contributed by atoms with E-state index in [9.17, 15) is 0 Å². The Labute approximate surface area is 355 Å². The molecule has 0 saturated heterocycles. The van der Waals surface area contributed by atoms with Gasteiger partial charge in [-0.1, -0.05) is 201 Å². The molecule has 2 unspecified atom stereocenters. The maximum atomic E-state index is 7.16. The van der Waals surface area contributed by atoms with Crippen molar-refractivity contribution in [3.63, 3.8) is 0 Å². The number of para-hydroxylation sites is 1. The van der Waals surface area contributed by atoms with E-state index in [1.54, 1.807) is 0 Å². The van der Waals surface area contributed by atoms with E-state index in [4.69, 9.17) is 4.42 Å². The van der Waals surface area contributed by atoms with Gasteiger partial charge in [0.05, 0.1) is 5.41 Å². The first-order valence-electron chi connectivity index (χ1n) is 21.6. The van der Waals surface area contributed by atoms with E-state index < -0.39 is 5.41 Å². The van der Waals surface area contributed by atoms with E-state index in [0.717, 1.165) is 17.6 Å². The molecule has 3 aliphatic carbocycles. The lowest BCUT2D eigenvalue weighted by Gasteiger charge is -2.36. The Kier molecular flexibility index (Phi) is 7.33. The topological polar surface area (TPSA) is 13.1 Å². The second-order valence-corrected chi connectivity index (χ2v) is 16.9. The fourth-order valence-electron chi connectivity index (χ4n) is 11.6. The second kappa shape index (κ2) is 13.0. The quantitative estimate of drug-likeness (QED) is 0.162. The average Bonchev–Trinajstić information content (AvgIpc) is 3.84. The smallest absolute Gasteiger partial charge is 0.144 e. The zero-order valence-electron chi connectivity index (χ0n) is 33.8. The zero-order valence-corrected chi connectivity index (χ0v) is 33.8. The highest BCUT2D eigenvalue weighted by Gasteiger charge is 2.52. The highest BCUT2D eigenvalue weighted by Crippen LogP contribution is 2.65. The molecule has 2 atom stereocenters. The molecule has 1 nitrogen and oxygen atoms in total. The van der Waals surface area contributed by atoms with Gasteiger partial charge in [0.2, 0.25) is 0 Å². The van der Waals surface area contributed by atoms with Crippen LogP contribution in [-0.2, 0) is 5.41 Å². The molecule has 0 aliphatic heterocycles. The van der Waals surface area contributed by atoms with Gasteiger partial charge < -0.3 is 4.42 Å². The Bertz CT molecular complexity index is 3500. The molecule has 0 radical (unpaired) electrons. The molecule has 0 amide bonds. The highest BCUT2D eigenvalue weighted by atomic mass is 16.3. The van der Waals surface area contributed by atoms with Crippen molar-refractivity contribution < 1.29 is 4.42 Å². The van der Waals surface area contributed by atoms with Gasteiger partial charge in [0.1, 0.15) is 11.2 Å². The molecule has 3 aliphatic rings. The van der Waals surface area contributed by atoms with Crippen molar-refractivity contribution in [1.29, 1.82) is 0 Å². The Morgan fingerprint density at radius 1 is 0.525 bits per heavy atom. The predicted octanol–water partition coefficient (Wildman–Crippen LogP) is 16.1.